The molecule has 0 radical (unpaired) electrons. The summed E-state index contributed by atoms with van der Waals surface area (Å²) in [5, 5.41) is 6.26. The first-order chi connectivity index (χ1) is 9.70. The first-order valence-corrected chi connectivity index (χ1v) is 7.46. The number of nitrogens with zero attached hydrogens (tertiary/aromatic N) is 2. The Morgan fingerprint density at radius 3 is 1.70 bits per heavy atom. The van der Waals surface area contributed by atoms with E-state index in [0.717, 1.165) is 32.1 Å². The van der Waals surface area contributed by atoms with Crippen LogP contribution in [0.1, 0.15) is 65.2 Å². The second kappa shape index (κ2) is 14.0. The smallest absolute Gasteiger partial charge is 0.447 e. The normalized spacial score (nSPS) is 10.7. The van der Waals surface area contributed by atoms with Crippen LogP contribution < -0.4 is 0 Å². The van der Waals surface area contributed by atoms with Gasteiger partial charge < -0.3 is 9.47 Å². The van der Waals surface area contributed by atoms with Crippen LogP contribution in [-0.2, 0) is 9.47 Å². The molecule has 0 saturated heterocycles. The first-order valence-electron chi connectivity index (χ1n) is 7.46. The third kappa shape index (κ3) is 13.0. The van der Waals surface area contributed by atoms with E-state index in [1.54, 1.807) is 0 Å². The van der Waals surface area contributed by atoms with Crippen LogP contribution in [0.3, 0.4) is 0 Å². The molecule has 0 aromatic carbocycles. The van der Waals surface area contributed by atoms with Crippen molar-refractivity contribution in [1.82, 2.24) is 0 Å². The molecule has 0 fully saturated rings. The lowest BCUT2D eigenvalue weighted by molar-refractivity contribution is 0.144. The van der Waals surface area contributed by atoms with E-state index >= 15 is 0 Å². The van der Waals surface area contributed by atoms with Crippen molar-refractivity contribution in [3.63, 3.8) is 0 Å². The van der Waals surface area contributed by atoms with Gasteiger partial charge in [0.05, 0.1) is 13.2 Å². The lowest BCUT2D eigenvalue weighted by Gasteiger charge is -2.01. The van der Waals surface area contributed by atoms with E-state index in [2.05, 4.69) is 17.2 Å². The molecule has 0 aromatic rings. The molecule has 0 saturated carbocycles. The number of rotatable bonds is 10. The maximum Gasteiger partial charge on any atom is 0.452 e. The number of hydrogen-bond donors (Lipinski definition) is 0. The van der Waals surface area contributed by atoms with Crippen molar-refractivity contribution in [2.24, 2.45) is 10.2 Å². The fourth-order valence-corrected chi connectivity index (χ4v) is 1.49. The molecular weight excluding hydrogens is 260 g/mol. The number of carbonyl (C=O) groups is 2. The molecule has 0 N–H and O–H groups in total. The van der Waals surface area contributed by atoms with Crippen molar-refractivity contribution in [1.29, 1.82) is 0 Å². The van der Waals surface area contributed by atoms with E-state index in [9.17, 15) is 9.59 Å². The van der Waals surface area contributed by atoms with Gasteiger partial charge in [-0.3, -0.25) is 0 Å². The zero-order chi connectivity index (χ0) is 15.1. The van der Waals surface area contributed by atoms with E-state index < -0.39 is 12.2 Å². The van der Waals surface area contributed by atoms with Gasteiger partial charge in [-0.15, -0.1) is 0 Å². The largest absolute Gasteiger partial charge is 0.452 e. The molecule has 0 bridgehead atoms. The fraction of sp³-hybridized carbons (Fsp3) is 0.857. The molecule has 116 valence electrons. The predicted molar refractivity (Wildman–Crippen MR) is 75.8 cm³/mol. The highest BCUT2D eigenvalue weighted by Gasteiger charge is 2.03. The Balaban J connectivity index is 3.50. The Labute approximate surface area is 120 Å². The van der Waals surface area contributed by atoms with Crippen LogP contribution in [0, 0.1) is 0 Å². The summed E-state index contributed by atoms with van der Waals surface area (Å²) >= 11 is 0. The minimum Gasteiger partial charge on any atom is -0.447 e. The molecular formula is C14H26N2O4. The SMILES string of the molecule is CCCCCCCCOC(=O)N=NC(=O)OCCCC. The lowest BCUT2D eigenvalue weighted by atomic mass is 10.1. The van der Waals surface area contributed by atoms with Gasteiger partial charge in [-0.1, -0.05) is 62.6 Å². The number of azo groups is 1. The quantitative estimate of drug-likeness (QED) is 0.424. The predicted octanol–water partition coefficient (Wildman–Crippen LogP) is 4.87. The summed E-state index contributed by atoms with van der Waals surface area (Å²) in [4.78, 5) is 22.1. The molecule has 0 heterocycles. The van der Waals surface area contributed by atoms with Gasteiger partial charge in [0.2, 0.25) is 0 Å². The molecule has 6 heteroatoms. The van der Waals surface area contributed by atoms with Crippen molar-refractivity contribution < 1.29 is 19.1 Å². The molecule has 0 aromatic heterocycles. The molecule has 0 aliphatic carbocycles. The summed E-state index contributed by atoms with van der Waals surface area (Å²) in [5.74, 6) is 0. The van der Waals surface area contributed by atoms with Crippen LogP contribution >= 0.6 is 0 Å². The van der Waals surface area contributed by atoms with E-state index in [0.29, 0.717) is 13.2 Å². The average molecular weight is 286 g/mol. The molecule has 0 atom stereocenters. The van der Waals surface area contributed by atoms with Gasteiger partial charge in [-0.05, 0) is 12.8 Å². The topological polar surface area (TPSA) is 77.3 Å². The summed E-state index contributed by atoms with van der Waals surface area (Å²) < 4.78 is 9.52. The van der Waals surface area contributed by atoms with Gasteiger partial charge in [0.1, 0.15) is 0 Å². The van der Waals surface area contributed by atoms with Gasteiger partial charge in [-0.25, -0.2) is 9.59 Å². The molecule has 6 nitrogen and oxygen atoms in total. The van der Waals surface area contributed by atoms with E-state index in [4.69, 9.17) is 9.47 Å². The van der Waals surface area contributed by atoms with Crippen LogP contribution in [0.4, 0.5) is 9.59 Å². The summed E-state index contributed by atoms with van der Waals surface area (Å²) in [6.45, 7) is 4.75. The molecule has 20 heavy (non-hydrogen) atoms. The fourth-order valence-electron chi connectivity index (χ4n) is 1.49. The summed E-state index contributed by atoms with van der Waals surface area (Å²) in [7, 11) is 0. The van der Waals surface area contributed by atoms with Crippen molar-refractivity contribution >= 4 is 12.2 Å². The maximum absolute atomic E-state index is 11.1. The Morgan fingerprint density at radius 2 is 1.15 bits per heavy atom. The Kier molecular flexibility index (Phi) is 12.9. The zero-order valence-corrected chi connectivity index (χ0v) is 12.6. The van der Waals surface area contributed by atoms with E-state index in [1.165, 1.54) is 19.3 Å². The van der Waals surface area contributed by atoms with E-state index in [-0.39, 0.29) is 0 Å². The highest BCUT2D eigenvalue weighted by Crippen LogP contribution is 2.05. The molecule has 0 unspecified atom stereocenters. The van der Waals surface area contributed by atoms with Gasteiger partial charge >= 0.3 is 12.2 Å². The number of ether oxygens (including phenoxy) is 2. The molecule has 0 spiro atoms. The third-order valence-electron chi connectivity index (χ3n) is 2.66. The van der Waals surface area contributed by atoms with Crippen molar-refractivity contribution in [2.75, 3.05) is 13.2 Å². The summed E-state index contributed by atoms with van der Waals surface area (Å²) in [5.41, 5.74) is 0. The van der Waals surface area contributed by atoms with Crippen LogP contribution in [0.2, 0.25) is 0 Å². The Morgan fingerprint density at radius 1 is 0.700 bits per heavy atom. The Bertz CT molecular complexity index is 293. The van der Waals surface area contributed by atoms with Gasteiger partial charge in [0, 0.05) is 0 Å². The second-order valence-electron chi connectivity index (χ2n) is 4.55. The third-order valence-corrected chi connectivity index (χ3v) is 2.66. The molecule has 0 aliphatic heterocycles. The standard InChI is InChI=1S/C14H26N2O4/c1-3-5-7-8-9-10-12-20-14(18)16-15-13(17)19-11-6-4-2/h3-12H2,1-2H3. The summed E-state index contributed by atoms with van der Waals surface area (Å²) in [6, 6.07) is 0. The van der Waals surface area contributed by atoms with Gasteiger partial charge in [0.25, 0.3) is 0 Å². The van der Waals surface area contributed by atoms with Crippen LogP contribution in [0.15, 0.2) is 10.2 Å². The minimum absolute atomic E-state index is 0.293. The van der Waals surface area contributed by atoms with Crippen LogP contribution in [0.25, 0.3) is 0 Å². The highest BCUT2D eigenvalue weighted by molar-refractivity contribution is 5.73. The van der Waals surface area contributed by atoms with Gasteiger partial charge in [-0.2, -0.15) is 0 Å². The van der Waals surface area contributed by atoms with Crippen molar-refractivity contribution in [2.45, 2.75) is 65.2 Å². The van der Waals surface area contributed by atoms with Crippen molar-refractivity contribution in [3.05, 3.63) is 0 Å². The zero-order valence-electron chi connectivity index (χ0n) is 12.6. The number of carbonyl (C=O) groups excluding carboxylic acids is 2. The molecule has 0 aliphatic rings. The molecule has 2 amide bonds. The van der Waals surface area contributed by atoms with E-state index in [1.807, 2.05) is 6.92 Å². The van der Waals surface area contributed by atoms with Crippen LogP contribution in [0.5, 0.6) is 0 Å². The van der Waals surface area contributed by atoms with Crippen LogP contribution in [-0.4, -0.2) is 25.4 Å². The van der Waals surface area contributed by atoms with Crippen molar-refractivity contribution in [3.8, 4) is 0 Å². The maximum atomic E-state index is 11.1. The minimum atomic E-state index is -0.852. The number of hydrogen-bond acceptors (Lipinski definition) is 4. The summed E-state index contributed by atoms with van der Waals surface area (Å²) in [6.07, 6.45) is 6.66. The number of amides is 2. The lowest BCUT2D eigenvalue weighted by Crippen LogP contribution is -2.03. The Hall–Kier alpha value is -1.46. The average Bonchev–Trinajstić information content (AvgIpc) is 2.44. The number of unbranched alkanes of at least 4 members (excludes halogenated alkanes) is 6. The first kappa shape index (κ1) is 18.5. The second-order valence-corrected chi connectivity index (χ2v) is 4.55. The highest BCUT2D eigenvalue weighted by atomic mass is 16.6. The monoisotopic (exact) mass is 286 g/mol. The van der Waals surface area contributed by atoms with Gasteiger partial charge in [0.15, 0.2) is 0 Å². The molecule has 0 rings (SSSR count).